The van der Waals surface area contributed by atoms with Gasteiger partial charge in [0.1, 0.15) is 12.7 Å². The summed E-state index contributed by atoms with van der Waals surface area (Å²) in [5, 5.41) is 4.08. The molecule has 0 aliphatic rings. The summed E-state index contributed by atoms with van der Waals surface area (Å²) in [5.74, 6) is 0. The molecular formula is C16H17N5. The quantitative estimate of drug-likeness (QED) is 0.718. The predicted molar refractivity (Wildman–Crippen MR) is 84.4 cm³/mol. The van der Waals surface area contributed by atoms with Crippen molar-refractivity contribution < 1.29 is 0 Å². The topological polar surface area (TPSA) is 82.8 Å². The Morgan fingerprint density at radius 2 is 1.76 bits per heavy atom. The van der Waals surface area contributed by atoms with Crippen LogP contribution in [0.15, 0.2) is 55.1 Å². The minimum atomic E-state index is 0.636. The molecule has 21 heavy (non-hydrogen) atoms. The highest BCUT2D eigenvalue weighted by atomic mass is 15.3. The van der Waals surface area contributed by atoms with Crippen LogP contribution in [-0.2, 0) is 13.0 Å². The van der Waals surface area contributed by atoms with Crippen molar-refractivity contribution in [1.82, 2.24) is 14.8 Å². The average Bonchev–Trinajstić information content (AvgIpc) is 3.03. The van der Waals surface area contributed by atoms with Gasteiger partial charge in [-0.2, -0.15) is 5.10 Å². The van der Waals surface area contributed by atoms with E-state index in [0.29, 0.717) is 11.4 Å². The summed E-state index contributed by atoms with van der Waals surface area (Å²) < 4.78 is 1.78. The van der Waals surface area contributed by atoms with Gasteiger partial charge in [-0.15, -0.1) is 0 Å². The molecule has 4 N–H and O–H groups in total. The number of aromatic nitrogens is 3. The molecule has 0 fully saturated rings. The van der Waals surface area contributed by atoms with Crippen LogP contribution in [0.3, 0.4) is 0 Å². The first-order valence-corrected chi connectivity index (χ1v) is 6.80. The second-order valence-electron chi connectivity index (χ2n) is 4.87. The Hall–Kier alpha value is -2.82. The molecule has 2 aromatic carbocycles. The lowest BCUT2D eigenvalue weighted by atomic mass is 9.98. The van der Waals surface area contributed by atoms with Crippen LogP contribution >= 0.6 is 0 Å². The van der Waals surface area contributed by atoms with Crippen molar-refractivity contribution in [3.05, 3.63) is 60.7 Å². The van der Waals surface area contributed by atoms with E-state index < -0.39 is 0 Å². The van der Waals surface area contributed by atoms with Crippen molar-refractivity contribution in [3.63, 3.8) is 0 Å². The number of hydrogen-bond donors (Lipinski definition) is 2. The van der Waals surface area contributed by atoms with Gasteiger partial charge < -0.3 is 11.5 Å². The molecule has 0 aliphatic heterocycles. The molecule has 3 rings (SSSR count). The van der Waals surface area contributed by atoms with Gasteiger partial charge in [-0.3, -0.25) is 4.68 Å². The molecule has 0 saturated carbocycles. The van der Waals surface area contributed by atoms with Crippen LogP contribution in [0.5, 0.6) is 0 Å². The number of anilines is 2. The summed E-state index contributed by atoms with van der Waals surface area (Å²) in [6.07, 6.45) is 3.99. The normalized spacial score (nSPS) is 10.7. The number of hydrogen-bond acceptors (Lipinski definition) is 4. The van der Waals surface area contributed by atoms with Crippen LogP contribution in [0.25, 0.3) is 11.1 Å². The first-order chi connectivity index (χ1) is 10.3. The molecule has 0 unspecified atom stereocenters. The molecule has 5 heteroatoms. The third-order valence-corrected chi connectivity index (χ3v) is 3.54. The Kier molecular flexibility index (Phi) is 3.55. The summed E-state index contributed by atoms with van der Waals surface area (Å²) >= 11 is 0. The Bertz CT molecular complexity index is 720. The van der Waals surface area contributed by atoms with Gasteiger partial charge in [0.25, 0.3) is 0 Å². The average molecular weight is 279 g/mol. The maximum Gasteiger partial charge on any atom is 0.137 e. The monoisotopic (exact) mass is 279 g/mol. The molecule has 0 amide bonds. The van der Waals surface area contributed by atoms with E-state index in [0.717, 1.165) is 29.7 Å². The first kappa shape index (κ1) is 13.2. The predicted octanol–water partition coefficient (Wildman–Crippen LogP) is 2.35. The van der Waals surface area contributed by atoms with E-state index >= 15 is 0 Å². The minimum absolute atomic E-state index is 0.636. The van der Waals surface area contributed by atoms with E-state index in [2.05, 4.69) is 10.1 Å². The zero-order chi connectivity index (χ0) is 14.7. The van der Waals surface area contributed by atoms with Crippen LogP contribution < -0.4 is 11.5 Å². The summed E-state index contributed by atoms with van der Waals surface area (Å²) in [7, 11) is 0. The van der Waals surface area contributed by atoms with Crippen molar-refractivity contribution in [2.75, 3.05) is 11.5 Å². The number of nitrogens with zero attached hydrogens (tertiary/aromatic N) is 3. The van der Waals surface area contributed by atoms with Crippen LogP contribution in [0, 0.1) is 0 Å². The van der Waals surface area contributed by atoms with E-state index in [9.17, 15) is 0 Å². The molecule has 5 nitrogen and oxygen atoms in total. The van der Waals surface area contributed by atoms with Gasteiger partial charge >= 0.3 is 0 Å². The number of rotatable bonds is 4. The maximum atomic E-state index is 6.20. The van der Waals surface area contributed by atoms with E-state index in [4.69, 9.17) is 11.5 Å². The Morgan fingerprint density at radius 3 is 2.48 bits per heavy atom. The highest BCUT2D eigenvalue weighted by Gasteiger charge is 2.09. The molecule has 1 aromatic heterocycles. The SMILES string of the molecule is Nc1c(CCn2cncn2)ccc(-c2ccccc2)c1N. The molecule has 1 heterocycles. The fraction of sp³-hybridized carbons (Fsp3) is 0.125. The number of aryl methyl sites for hydroxylation is 2. The molecule has 0 atom stereocenters. The smallest absolute Gasteiger partial charge is 0.137 e. The lowest BCUT2D eigenvalue weighted by molar-refractivity contribution is 0.614. The molecule has 0 spiro atoms. The van der Waals surface area contributed by atoms with E-state index in [1.165, 1.54) is 6.33 Å². The van der Waals surface area contributed by atoms with Gasteiger partial charge in [0, 0.05) is 12.1 Å². The molecule has 0 saturated heterocycles. The number of benzene rings is 2. The minimum Gasteiger partial charge on any atom is -0.397 e. The second-order valence-corrected chi connectivity index (χ2v) is 4.87. The third-order valence-electron chi connectivity index (χ3n) is 3.54. The van der Waals surface area contributed by atoms with Crippen molar-refractivity contribution in [2.45, 2.75) is 13.0 Å². The van der Waals surface area contributed by atoms with Crippen molar-refractivity contribution in [3.8, 4) is 11.1 Å². The lowest BCUT2D eigenvalue weighted by Crippen LogP contribution is -2.06. The number of nitrogens with two attached hydrogens (primary N) is 2. The third kappa shape index (κ3) is 2.72. The second kappa shape index (κ2) is 5.66. The van der Waals surface area contributed by atoms with E-state index in [1.54, 1.807) is 11.0 Å². The molecule has 106 valence electrons. The molecule has 0 radical (unpaired) electrons. The van der Waals surface area contributed by atoms with Crippen molar-refractivity contribution in [1.29, 1.82) is 0 Å². The van der Waals surface area contributed by atoms with E-state index in [-0.39, 0.29) is 0 Å². The summed E-state index contributed by atoms with van der Waals surface area (Å²) in [5.41, 5.74) is 16.8. The Balaban J connectivity index is 1.86. The van der Waals surface area contributed by atoms with Crippen molar-refractivity contribution in [2.24, 2.45) is 0 Å². The van der Waals surface area contributed by atoms with Gasteiger partial charge in [0.2, 0.25) is 0 Å². The van der Waals surface area contributed by atoms with Gasteiger partial charge in [0.05, 0.1) is 11.4 Å². The summed E-state index contributed by atoms with van der Waals surface area (Å²) in [4.78, 5) is 3.92. The summed E-state index contributed by atoms with van der Waals surface area (Å²) in [6, 6.07) is 14.1. The largest absolute Gasteiger partial charge is 0.397 e. The van der Waals surface area contributed by atoms with Crippen LogP contribution in [0.1, 0.15) is 5.56 Å². The van der Waals surface area contributed by atoms with Gasteiger partial charge in [-0.05, 0) is 17.5 Å². The molecule has 3 aromatic rings. The fourth-order valence-corrected chi connectivity index (χ4v) is 2.35. The van der Waals surface area contributed by atoms with Crippen LogP contribution in [0.2, 0.25) is 0 Å². The zero-order valence-corrected chi connectivity index (χ0v) is 11.6. The lowest BCUT2D eigenvalue weighted by Gasteiger charge is -2.13. The Morgan fingerprint density at radius 1 is 0.952 bits per heavy atom. The van der Waals surface area contributed by atoms with Gasteiger partial charge in [-0.1, -0.05) is 42.5 Å². The molecule has 0 aliphatic carbocycles. The fourth-order valence-electron chi connectivity index (χ4n) is 2.35. The van der Waals surface area contributed by atoms with Gasteiger partial charge in [0.15, 0.2) is 0 Å². The van der Waals surface area contributed by atoms with Gasteiger partial charge in [-0.25, -0.2) is 4.98 Å². The zero-order valence-electron chi connectivity index (χ0n) is 11.6. The molecular weight excluding hydrogens is 262 g/mol. The standard InChI is InChI=1S/C16H17N5/c17-15-13(8-9-21-11-19-10-20-21)6-7-14(16(15)18)12-4-2-1-3-5-12/h1-7,10-11H,8-9,17-18H2. The Labute approximate surface area is 123 Å². The first-order valence-electron chi connectivity index (χ1n) is 6.80. The highest BCUT2D eigenvalue weighted by Crippen LogP contribution is 2.32. The van der Waals surface area contributed by atoms with Crippen molar-refractivity contribution >= 4 is 11.4 Å². The maximum absolute atomic E-state index is 6.20. The van der Waals surface area contributed by atoms with Crippen LogP contribution in [0.4, 0.5) is 11.4 Å². The van der Waals surface area contributed by atoms with E-state index in [1.807, 2.05) is 42.5 Å². The highest BCUT2D eigenvalue weighted by molar-refractivity contribution is 5.86. The number of nitrogen functional groups attached to an aromatic ring is 2. The summed E-state index contributed by atoms with van der Waals surface area (Å²) in [6.45, 7) is 0.730. The van der Waals surface area contributed by atoms with Crippen LogP contribution in [-0.4, -0.2) is 14.8 Å². The molecule has 0 bridgehead atoms.